The van der Waals surface area contributed by atoms with Gasteiger partial charge in [0.05, 0.1) is 64.5 Å². The molecule has 0 aliphatic carbocycles. The quantitative estimate of drug-likeness (QED) is 0.0138. The van der Waals surface area contributed by atoms with Crippen molar-refractivity contribution in [2.75, 3.05) is 143 Å². The van der Waals surface area contributed by atoms with E-state index in [0.29, 0.717) is 132 Å². The number of nitrogen functional groups attached to an aromatic ring is 1. The number of carbonyl (C=O) groups excluding carboxylic acids is 8. The number of alkyl halides is 1. The lowest BCUT2D eigenvalue weighted by Crippen LogP contribution is -2.48. The van der Waals surface area contributed by atoms with Gasteiger partial charge in [0.2, 0.25) is 17.7 Å². The van der Waals surface area contributed by atoms with Gasteiger partial charge in [0.1, 0.15) is 66.3 Å². The van der Waals surface area contributed by atoms with Gasteiger partial charge in [-0.2, -0.15) is 0 Å². The highest BCUT2D eigenvalue weighted by Crippen LogP contribution is 2.39. The van der Waals surface area contributed by atoms with Crippen molar-refractivity contribution in [2.45, 2.75) is 135 Å². The molecule has 0 radical (unpaired) electrons. The van der Waals surface area contributed by atoms with Crippen LogP contribution in [-0.4, -0.2) is 232 Å². The maximum Gasteiger partial charge on any atom is 0.410 e. The maximum absolute atomic E-state index is 16.4. The molecule has 8 rings (SSSR count). The number of ketones is 2. The first kappa shape index (κ1) is 85.9. The summed E-state index contributed by atoms with van der Waals surface area (Å²) < 4.78 is 88.0. The molecule has 1 aromatic heterocycles. The number of Topliss-reactive ketones (excluding diaryl/α,β-unsaturated/α-hetero) is 2. The zero-order valence-corrected chi connectivity index (χ0v) is 63.0. The smallest absolute Gasteiger partial charge is 0.410 e. The van der Waals surface area contributed by atoms with Gasteiger partial charge in [0, 0.05) is 151 Å². The van der Waals surface area contributed by atoms with Crippen LogP contribution in [0.2, 0.25) is 0 Å². The van der Waals surface area contributed by atoms with Crippen LogP contribution < -0.4 is 26.8 Å². The molecule has 7 N–H and O–H groups in total. The first-order chi connectivity index (χ1) is 52.6. The average molecular weight is 1520 g/mol. The van der Waals surface area contributed by atoms with E-state index in [-0.39, 0.29) is 113 Å². The van der Waals surface area contributed by atoms with Gasteiger partial charge in [-0.15, -0.1) is 0 Å². The van der Waals surface area contributed by atoms with Gasteiger partial charge in [-0.3, -0.25) is 38.5 Å². The van der Waals surface area contributed by atoms with Gasteiger partial charge >= 0.3 is 6.09 Å². The number of benzene rings is 4. The number of aliphatic hydroxyl groups excluding tert-OH is 1. The van der Waals surface area contributed by atoms with Gasteiger partial charge in [-0.1, -0.05) is 62.7 Å². The molecule has 4 heterocycles. The molecule has 6 atom stereocenters. The Balaban J connectivity index is 0.707. The third-order valence-electron chi connectivity index (χ3n) is 19.8. The summed E-state index contributed by atoms with van der Waals surface area (Å²) in [6, 6.07) is 21.9. The molecule has 0 saturated carbocycles. The third-order valence-corrected chi connectivity index (χ3v) is 19.8. The number of aliphatic hydroxyl groups is 1. The number of rotatable bonds is 48. The van der Waals surface area contributed by atoms with Crippen LogP contribution in [0, 0.1) is 35.3 Å². The van der Waals surface area contributed by atoms with Crippen LogP contribution in [0.25, 0.3) is 11.3 Å². The monoisotopic (exact) mass is 1520 g/mol. The summed E-state index contributed by atoms with van der Waals surface area (Å²) in [6.45, 7) is 13.4. The number of unbranched alkanes of at least 4 members (excludes halogenated alkanes) is 1. The Bertz CT molecular complexity index is 3690. The van der Waals surface area contributed by atoms with Gasteiger partial charge in [0.25, 0.3) is 5.91 Å². The molecule has 3 saturated heterocycles. The van der Waals surface area contributed by atoms with E-state index in [9.17, 15) is 47.9 Å². The van der Waals surface area contributed by atoms with Crippen LogP contribution in [0.4, 0.5) is 29.3 Å². The fourth-order valence-corrected chi connectivity index (χ4v) is 13.6. The van der Waals surface area contributed by atoms with Crippen molar-refractivity contribution < 1.29 is 89.8 Å². The summed E-state index contributed by atoms with van der Waals surface area (Å²) in [5.41, 5.74) is 13.9. The van der Waals surface area contributed by atoms with E-state index in [1.54, 1.807) is 53.2 Å². The number of hydrogen-bond acceptors (Lipinski definition) is 20. The number of primary amides is 1. The number of ether oxygens (including phenoxy) is 7. The van der Waals surface area contributed by atoms with Crippen LogP contribution >= 0.6 is 0 Å². The molecule has 0 bridgehead atoms. The van der Waals surface area contributed by atoms with Crippen molar-refractivity contribution in [1.82, 2.24) is 34.5 Å². The minimum absolute atomic E-state index is 0.0560. The van der Waals surface area contributed by atoms with Crippen molar-refractivity contribution in [2.24, 2.45) is 29.4 Å². The predicted octanol–water partition coefficient (Wildman–Crippen LogP) is 8.54. The lowest BCUT2D eigenvalue weighted by Gasteiger charge is -2.40. The average Bonchev–Trinajstić information content (AvgIpc) is 1.69. The number of halogens is 3. The molecule has 0 unspecified atom stereocenters. The lowest BCUT2D eigenvalue weighted by atomic mass is 9.88. The van der Waals surface area contributed by atoms with Crippen LogP contribution in [0.1, 0.15) is 131 Å². The van der Waals surface area contributed by atoms with E-state index in [4.69, 9.17) is 49.6 Å². The molecule has 5 aromatic rings. The summed E-state index contributed by atoms with van der Waals surface area (Å²) in [6.07, 6.45) is 2.73. The Morgan fingerprint density at radius 1 is 0.725 bits per heavy atom. The largest absolute Gasteiger partial charge is 0.492 e. The second kappa shape index (κ2) is 45.5. The highest BCUT2D eigenvalue weighted by molar-refractivity contribution is 5.98. The molecule has 109 heavy (non-hydrogen) atoms. The van der Waals surface area contributed by atoms with Crippen molar-refractivity contribution in [1.29, 1.82) is 0 Å². The standard InChI is InChI=1S/C80H109F3N10O16/c1-55(2)67(46-65(97)27-37-105-40-42-107-44-43-106-41-39-103-34-10-14-64(96)13-9-28-89-29-31-90(32-30-89)33-38-108-66-23-19-60(53-94)71(84)47-66)77(99)88-72(15-7-8-16-74(85)98)78(100)86-63-21-17-58(18-22-63)54-109-80(102)92-49-61(70(83)51-92)50-93(79(101)56(3)95)75(59-25-35-104-36-26-59)76-87-73(68-45-62(81)20-24-69(68)82)52-91(76)48-57-11-5-4-6-12-57/h4-6,11-12,17-24,45,47,52-53,55-56,59,61,67,70,72,75,95H,7-10,13-16,25-44,46,48-51,54,84H2,1-3H3,(H2,85,98)(H,86,100)(H,88,99)/t56-,61-,67-,70-,72-,75+/m0/s1. The molecule has 26 nitrogen and oxygen atoms in total. The third kappa shape index (κ3) is 28.6. The fraction of sp³-hybridized carbons (Fsp3) is 0.562. The Kier molecular flexibility index (Phi) is 35.8. The second-order valence-corrected chi connectivity index (χ2v) is 28.5. The van der Waals surface area contributed by atoms with E-state index >= 15 is 8.78 Å². The zero-order valence-electron chi connectivity index (χ0n) is 63.0. The molecule has 3 fully saturated rings. The molecular weight excluding hydrogens is 1410 g/mol. The van der Waals surface area contributed by atoms with Gasteiger partial charge in [-0.25, -0.2) is 22.9 Å². The normalized spacial score (nSPS) is 16.8. The Labute approximate surface area is 636 Å². The number of imidazole rings is 1. The molecule has 5 amide bonds. The number of aldehydes is 1. The number of piperazine rings is 1. The minimum atomic E-state index is -1.62. The maximum atomic E-state index is 16.4. The summed E-state index contributed by atoms with van der Waals surface area (Å²) >= 11 is 0. The zero-order chi connectivity index (χ0) is 78.0. The van der Waals surface area contributed by atoms with Crippen molar-refractivity contribution in [3.8, 4) is 17.0 Å². The first-order valence-corrected chi connectivity index (χ1v) is 38.1. The van der Waals surface area contributed by atoms with Crippen molar-refractivity contribution in [3.63, 3.8) is 0 Å². The minimum Gasteiger partial charge on any atom is -0.492 e. The van der Waals surface area contributed by atoms with Gasteiger partial charge in [0.15, 0.2) is 6.29 Å². The SMILES string of the molecule is CC(C)[C@H](CC(=O)CCOCCOCCOCCOCCCC(=O)CCCN1CCN(CCOc2ccc(C=O)c(N)c2)CC1)C(=O)N[C@@H](CCCCC(N)=O)C(=O)Nc1ccc(COC(=O)N2C[C@@H](CN(C(=O)[C@H](C)O)[C@@H](c3nc(-c4cc(F)ccc4F)cn3Cc3ccccc3)C3CCOCC3)[C@@H](F)C2)cc1. The molecule has 3 aliphatic heterocycles. The molecular formula is C80H109F3N10O16. The number of hydrogen-bond donors (Lipinski definition) is 5. The highest BCUT2D eigenvalue weighted by atomic mass is 19.1. The molecule has 0 spiro atoms. The molecule has 29 heteroatoms. The second-order valence-electron chi connectivity index (χ2n) is 28.5. The van der Waals surface area contributed by atoms with E-state index in [2.05, 4.69) is 20.4 Å². The molecule has 596 valence electrons. The first-order valence-electron chi connectivity index (χ1n) is 38.1. The number of likely N-dealkylation sites (tertiary alicyclic amines) is 1. The number of nitrogens with two attached hydrogens (primary N) is 2. The summed E-state index contributed by atoms with van der Waals surface area (Å²) in [5.74, 6) is -4.95. The number of amides is 5. The Hall–Kier alpha value is -8.68. The number of nitrogens with zero attached hydrogens (tertiary/aromatic N) is 6. The summed E-state index contributed by atoms with van der Waals surface area (Å²) in [4.78, 5) is 117. The van der Waals surface area contributed by atoms with Crippen molar-refractivity contribution >= 4 is 58.9 Å². The van der Waals surface area contributed by atoms with Crippen LogP contribution in [-0.2, 0) is 70.3 Å². The van der Waals surface area contributed by atoms with Gasteiger partial charge < -0.3 is 79.6 Å². The lowest BCUT2D eigenvalue weighted by molar-refractivity contribution is -0.145. The molecule has 4 aromatic carbocycles. The fourth-order valence-electron chi connectivity index (χ4n) is 13.6. The van der Waals surface area contributed by atoms with E-state index in [1.165, 1.54) is 16.7 Å². The number of nitrogens with one attached hydrogen (secondary N) is 2. The van der Waals surface area contributed by atoms with Crippen LogP contribution in [0.5, 0.6) is 5.75 Å². The number of anilines is 2. The van der Waals surface area contributed by atoms with Crippen LogP contribution in [0.15, 0.2) is 97.2 Å². The number of aromatic nitrogens is 2. The van der Waals surface area contributed by atoms with E-state index in [0.717, 1.165) is 75.7 Å². The van der Waals surface area contributed by atoms with E-state index in [1.807, 2.05) is 44.2 Å². The van der Waals surface area contributed by atoms with E-state index < -0.39 is 77.6 Å². The Morgan fingerprint density at radius 2 is 1.39 bits per heavy atom. The summed E-state index contributed by atoms with van der Waals surface area (Å²) in [5, 5.41) is 16.6. The predicted molar refractivity (Wildman–Crippen MR) is 402 cm³/mol. The Morgan fingerprint density at radius 3 is 2.06 bits per heavy atom. The van der Waals surface area contributed by atoms with Crippen molar-refractivity contribution in [3.05, 3.63) is 131 Å². The summed E-state index contributed by atoms with van der Waals surface area (Å²) in [7, 11) is 0. The van der Waals surface area contributed by atoms with Gasteiger partial charge in [-0.05, 0) is 117 Å². The topological polar surface area (TPSA) is 328 Å². The van der Waals surface area contributed by atoms with Crippen LogP contribution in [0.3, 0.4) is 0 Å². The number of carbonyl (C=O) groups is 8. The highest BCUT2D eigenvalue weighted by Gasteiger charge is 2.44. The molecule has 3 aliphatic rings.